The van der Waals surface area contributed by atoms with Crippen LogP contribution in [0.2, 0.25) is 0 Å². The van der Waals surface area contributed by atoms with Crippen molar-refractivity contribution in [2.75, 3.05) is 0 Å². The number of pyridine rings is 1. The smallest absolute Gasteiger partial charge is 0.255 e. The second-order valence-electron chi connectivity index (χ2n) is 6.80. The van der Waals surface area contributed by atoms with E-state index in [9.17, 15) is 14.4 Å². The number of hydrogen-bond donors (Lipinski definition) is 2. The first-order chi connectivity index (χ1) is 13.1. The van der Waals surface area contributed by atoms with Gasteiger partial charge in [0.15, 0.2) is 5.65 Å². The summed E-state index contributed by atoms with van der Waals surface area (Å²) in [4.78, 5) is 42.1. The van der Waals surface area contributed by atoms with E-state index in [1.165, 1.54) is 0 Å². The van der Waals surface area contributed by atoms with E-state index >= 15 is 0 Å². The van der Waals surface area contributed by atoms with Crippen molar-refractivity contribution in [2.45, 2.75) is 25.4 Å². The first-order valence-electron chi connectivity index (χ1n) is 8.67. The highest BCUT2D eigenvalue weighted by atomic mass is 16.2. The topological polar surface area (TPSA) is 108 Å². The van der Waals surface area contributed by atoms with E-state index in [1.807, 2.05) is 18.2 Å². The van der Waals surface area contributed by atoms with Crippen molar-refractivity contribution in [3.8, 4) is 11.1 Å². The van der Waals surface area contributed by atoms with Crippen molar-refractivity contribution in [1.29, 1.82) is 0 Å². The SMILES string of the molecule is O=C1CCC(N2Cc3cc(-c4cnc5[nH]ncc5c4)ccc3C2=O)C(=O)N1. The van der Waals surface area contributed by atoms with Crippen LogP contribution >= 0.6 is 0 Å². The van der Waals surface area contributed by atoms with Gasteiger partial charge in [-0.25, -0.2) is 4.98 Å². The highest BCUT2D eigenvalue weighted by Gasteiger charge is 2.39. The van der Waals surface area contributed by atoms with E-state index in [0.29, 0.717) is 18.5 Å². The zero-order valence-electron chi connectivity index (χ0n) is 14.2. The summed E-state index contributed by atoms with van der Waals surface area (Å²) >= 11 is 0. The van der Waals surface area contributed by atoms with Crippen LogP contribution in [0.3, 0.4) is 0 Å². The molecule has 4 heterocycles. The zero-order valence-corrected chi connectivity index (χ0v) is 14.2. The second-order valence-corrected chi connectivity index (χ2v) is 6.80. The lowest BCUT2D eigenvalue weighted by Crippen LogP contribution is -2.52. The first-order valence-corrected chi connectivity index (χ1v) is 8.67. The summed E-state index contributed by atoms with van der Waals surface area (Å²) in [6.45, 7) is 0.357. The van der Waals surface area contributed by atoms with Gasteiger partial charge in [0.1, 0.15) is 6.04 Å². The molecule has 0 bridgehead atoms. The molecule has 0 saturated carbocycles. The molecule has 2 N–H and O–H groups in total. The number of rotatable bonds is 2. The monoisotopic (exact) mass is 361 g/mol. The lowest BCUT2D eigenvalue weighted by atomic mass is 10.0. The summed E-state index contributed by atoms with van der Waals surface area (Å²) in [6, 6.07) is 7.02. The molecule has 3 amide bonds. The minimum atomic E-state index is -0.602. The van der Waals surface area contributed by atoms with Gasteiger partial charge in [-0.1, -0.05) is 6.07 Å². The van der Waals surface area contributed by atoms with E-state index in [0.717, 1.165) is 27.7 Å². The van der Waals surface area contributed by atoms with Crippen molar-refractivity contribution in [3.05, 3.63) is 47.8 Å². The van der Waals surface area contributed by atoms with Gasteiger partial charge in [0.25, 0.3) is 5.91 Å². The van der Waals surface area contributed by atoms with Gasteiger partial charge in [-0.2, -0.15) is 5.10 Å². The van der Waals surface area contributed by atoms with Gasteiger partial charge in [0.05, 0.1) is 6.20 Å². The third-order valence-corrected chi connectivity index (χ3v) is 5.15. The molecular weight excluding hydrogens is 346 g/mol. The van der Waals surface area contributed by atoms with Crippen LogP contribution in [0.5, 0.6) is 0 Å². The summed E-state index contributed by atoms with van der Waals surface area (Å²) in [5.74, 6) is -0.860. The lowest BCUT2D eigenvalue weighted by molar-refractivity contribution is -0.136. The number of piperidine rings is 1. The Hall–Kier alpha value is -3.55. The molecule has 8 nitrogen and oxygen atoms in total. The molecule has 0 spiro atoms. The number of hydrogen-bond acceptors (Lipinski definition) is 5. The minimum absolute atomic E-state index is 0.172. The fourth-order valence-corrected chi connectivity index (χ4v) is 3.75. The Morgan fingerprint density at radius 3 is 2.81 bits per heavy atom. The summed E-state index contributed by atoms with van der Waals surface area (Å²) in [5, 5.41) is 10.0. The molecule has 1 saturated heterocycles. The first kappa shape index (κ1) is 15.7. The Kier molecular flexibility index (Phi) is 3.33. The number of benzene rings is 1. The lowest BCUT2D eigenvalue weighted by Gasteiger charge is -2.29. The second kappa shape index (κ2) is 5.73. The molecule has 134 valence electrons. The maximum absolute atomic E-state index is 12.7. The largest absolute Gasteiger partial charge is 0.322 e. The fourth-order valence-electron chi connectivity index (χ4n) is 3.75. The number of nitrogens with one attached hydrogen (secondary N) is 2. The number of nitrogens with zero attached hydrogens (tertiary/aromatic N) is 3. The number of fused-ring (bicyclic) bond motifs is 2. The third-order valence-electron chi connectivity index (χ3n) is 5.15. The predicted molar refractivity (Wildman–Crippen MR) is 95.4 cm³/mol. The van der Waals surface area contributed by atoms with E-state index in [1.54, 1.807) is 23.4 Å². The van der Waals surface area contributed by atoms with Gasteiger partial charge in [-0.05, 0) is 35.7 Å². The number of aromatic amines is 1. The van der Waals surface area contributed by atoms with Gasteiger partial charge in [-0.15, -0.1) is 0 Å². The molecule has 3 aromatic rings. The molecule has 1 unspecified atom stereocenters. The Morgan fingerprint density at radius 1 is 1.07 bits per heavy atom. The van der Waals surface area contributed by atoms with Crippen LogP contribution in [0.25, 0.3) is 22.2 Å². The standard InChI is InChI=1S/C19H15N5O3/c25-16-4-3-15(18(26)22-16)24-9-13-5-10(1-2-14(13)19(24)27)11-6-12-8-21-23-17(12)20-7-11/h1-2,5-8,15H,3-4,9H2,(H,20,21,23)(H,22,25,26). The van der Waals surface area contributed by atoms with Crippen molar-refractivity contribution >= 4 is 28.8 Å². The summed E-state index contributed by atoms with van der Waals surface area (Å²) in [7, 11) is 0. The van der Waals surface area contributed by atoms with Crippen LogP contribution in [0.1, 0.15) is 28.8 Å². The molecule has 1 aromatic carbocycles. The fraction of sp³-hybridized carbons (Fsp3) is 0.211. The summed E-state index contributed by atoms with van der Waals surface area (Å²) in [5.41, 5.74) is 4.07. The van der Waals surface area contributed by atoms with Crippen LogP contribution in [0, 0.1) is 0 Å². The molecule has 27 heavy (non-hydrogen) atoms. The predicted octanol–water partition coefficient (Wildman–Crippen LogP) is 1.39. The van der Waals surface area contributed by atoms with Gasteiger partial charge in [0, 0.05) is 35.7 Å². The maximum atomic E-state index is 12.7. The van der Waals surface area contributed by atoms with Gasteiger partial charge < -0.3 is 4.90 Å². The van der Waals surface area contributed by atoms with Crippen LogP contribution < -0.4 is 5.32 Å². The molecule has 0 aliphatic carbocycles. The Labute approximate surface area is 153 Å². The summed E-state index contributed by atoms with van der Waals surface area (Å²) < 4.78 is 0. The van der Waals surface area contributed by atoms with E-state index in [2.05, 4.69) is 20.5 Å². The highest BCUT2D eigenvalue weighted by molar-refractivity contribution is 6.05. The number of carbonyl (C=O) groups is 3. The molecule has 2 aromatic heterocycles. The van der Waals surface area contributed by atoms with Gasteiger partial charge >= 0.3 is 0 Å². The number of carbonyl (C=O) groups excluding carboxylic acids is 3. The van der Waals surface area contributed by atoms with Crippen molar-refractivity contribution in [3.63, 3.8) is 0 Å². The Balaban J connectivity index is 1.46. The number of imide groups is 1. The van der Waals surface area contributed by atoms with E-state index in [-0.39, 0.29) is 18.2 Å². The molecular formula is C19H15N5O3. The quantitative estimate of drug-likeness (QED) is 0.671. The zero-order chi connectivity index (χ0) is 18.5. The molecule has 5 rings (SSSR count). The van der Waals surface area contributed by atoms with Crippen LogP contribution in [-0.4, -0.2) is 43.8 Å². The highest BCUT2D eigenvalue weighted by Crippen LogP contribution is 2.31. The van der Waals surface area contributed by atoms with Crippen molar-refractivity contribution in [1.82, 2.24) is 25.4 Å². The number of H-pyrrole nitrogens is 1. The van der Waals surface area contributed by atoms with E-state index < -0.39 is 11.9 Å². The average molecular weight is 361 g/mol. The molecule has 2 aliphatic heterocycles. The average Bonchev–Trinajstić information content (AvgIpc) is 3.25. The molecule has 0 radical (unpaired) electrons. The van der Waals surface area contributed by atoms with Gasteiger partial charge in [-0.3, -0.25) is 24.8 Å². The molecule has 8 heteroatoms. The van der Waals surface area contributed by atoms with Gasteiger partial charge in [0.2, 0.25) is 11.8 Å². The molecule has 1 fully saturated rings. The van der Waals surface area contributed by atoms with Crippen molar-refractivity contribution < 1.29 is 14.4 Å². The van der Waals surface area contributed by atoms with Crippen LogP contribution in [-0.2, 0) is 16.1 Å². The number of aromatic nitrogens is 3. The van der Waals surface area contributed by atoms with Crippen molar-refractivity contribution in [2.24, 2.45) is 0 Å². The van der Waals surface area contributed by atoms with Crippen LogP contribution in [0.4, 0.5) is 0 Å². The third kappa shape index (κ3) is 2.49. The van der Waals surface area contributed by atoms with E-state index in [4.69, 9.17) is 0 Å². The normalized spacial score (nSPS) is 19.5. The maximum Gasteiger partial charge on any atom is 0.255 e. The Morgan fingerprint density at radius 2 is 1.96 bits per heavy atom. The van der Waals surface area contributed by atoms with Crippen LogP contribution in [0.15, 0.2) is 36.7 Å². The minimum Gasteiger partial charge on any atom is -0.322 e. The molecule has 2 aliphatic rings. The Bertz CT molecular complexity index is 1120. The number of amides is 3. The summed E-state index contributed by atoms with van der Waals surface area (Å²) in [6.07, 6.45) is 4.08. The molecule has 1 atom stereocenters.